The van der Waals surface area contributed by atoms with Crippen LogP contribution in [0.4, 0.5) is 11.4 Å². The van der Waals surface area contributed by atoms with Crippen molar-refractivity contribution < 1.29 is 17.9 Å². The number of anilines is 2. The molecule has 152 valence electrons. The minimum atomic E-state index is -3.60. The normalized spacial score (nSPS) is 11.3. The first kappa shape index (κ1) is 20.9. The molecule has 0 aliphatic carbocycles. The lowest BCUT2D eigenvalue weighted by Gasteiger charge is -2.18. The molecule has 0 atom stereocenters. The topological polar surface area (TPSA) is 75.7 Å². The van der Waals surface area contributed by atoms with E-state index in [1.807, 2.05) is 13.8 Å². The maximum Gasteiger partial charge on any atom is 0.273 e. The van der Waals surface area contributed by atoms with Gasteiger partial charge in [-0.15, -0.1) is 11.3 Å². The summed E-state index contributed by atoms with van der Waals surface area (Å²) in [7, 11) is -2.11. The van der Waals surface area contributed by atoms with Gasteiger partial charge in [0.05, 0.1) is 11.8 Å². The van der Waals surface area contributed by atoms with Crippen molar-refractivity contribution in [1.29, 1.82) is 0 Å². The fraction of sp³-hybridized carbons (Fsp3) is 0.190. The fourth-order valence-electron chi connectivity index (χ4n) is 2.60. The molecule has 1 aromatic heterocycles. The van der Waals surface area contributed by atoms with Crippen molar-refractivity contribution in [2.24, 2.45) is 0 Å². The molecule has 0 saturated carbocycles. The van der Waals surface area contributed by atoms with E-state index in [0.29, 0.717) is 16.9 Å². The van der Waals surface area contributed by atoms with Crippen molar-refractivity contribution in [3.63, 3.8) is 0 Å². The van der Waals surface area contributed by atoms with Crippen LogP contribution in [0.3, 0.4) is 0 Å². The van der Waals surface area contributed by atoms with Crippen LogP contribution in [-0.2, 0) is 10.0 Å². The van der Waals surface area contributed by atoms with E-state index in [-0.39, 0.29) is 16.2 Å². The lowest BCUT2D eigenvalue weighted by molar-refractivity contribution is 0.102. The van der Waals surface area contributed by atoms with Crippen LogP contribution in [0.2, 0.25) is 0 Å². The summed E-state index contributed by atoms with van der Waals surface area (Å²) in [4.78, 5) is 12.5. The van der Waals surface area contributed by atoms with Crippen molar-refractivity contribution in [2.45, 2.75) is 24.2 Å². The van der Waals surface area contributed by atoms with Gasteiger partial charge in [0.15, 0.2) is 0 Å². The van der Waals surface area contributed by atoms with Crippen molar-refractivity contribution in [2.75, 3.05) is 16.7 Å². The first-order valence-electron chi connectivity index (χ1n) is 8.98. The van der Waals surface area contributed by atoms with Crippen LogP contribution in [0.15, 0.2) is 70.3 Å². The van der Waals surface area contributed by atoms with Gasteiger partial charge in [0, 0.05) is 18.3 Å². The van der Waals surface area contributed by atoms with E-state index >= 15 is 0 Å². The number of amides is 1. The minimum Gasteiger partial charge on any atom is -0.491 e. The molecule has 0 aliphatic heterocycles. The van der Waals surface area contributed by atoms with Gasteiger partial charge < -0.3 is 10.1 Å². The SMILES string of the molecule is CC(C)Oc1ccc(NC(=O)c2ccc(N(C)S(=O)(=O)c3cccs3)cc2)cc1. The Morgan fingerprint density at radius 1 is 1.03 bits per heavy atom. The second-order valence-corrected chi connectivity index (χ2v) is 9.74. The number of hydrogen-bond acceptors (Lipinski definition) is 5. The summed E-state index contributed by atoms with van der Waals surface area (Å²) >= 11 is 1.16. The van der Waals surface area contributed by atoms with Gasteiger partial charge in [-0.1, -0.05) is 6.07 Å². The highest BCUT2D eigenvalue weighted by Crippen LogP contribution is 2.25. The maximum atomic E-state index is 12.6. The highest BCUT2D eigenvalue weighted by atomic mass is 32.2. The minimum absolute atomic E-state index is 0.0794. The molecule has 3 rings (SSSR count). The zero-order chi connectivity index (χ0) is 21.0. The molecule has 1 N–H and O–H groups in total. The first-order chi connectivity index (χ1) is 13.8. The fourth-order valence-corrected chi connectivity index (χ4v) is 4.96. The lowest BCUT2D eigenvalue weighted by atomic mass is 10.2. The largest absolute Gasteiger partial charge is 0.491 e. The standard InChI is InChI=1S/C21H22N2O4S2/c1-15(2)27-19-12-8-17(9-13-19)22-21(24)16-6-10-18(11-7-16)23(3)29(25,26)20-5-4-14-28-20/h4-15H,1-3H3,(H,22,24). The van der Waals surface area contributed by atoms with E-state index in [0.717, 1.165) is 17.1 Å². The third-order valence-corrected chi connectivity index (χ3v) is 7.25. The molecule has 29 heavy (non-hydrogen) atoms. The number of hydrogen-bond donors (Lipinski definition) is 1. The summed E-state index contributed by atoms with van der Waals surface area (Å²) in [5, 5.41) is 4.53. The highest BCUT2D eigenvalue weighted by Gasteiger charge is 2.22. The number of rotatable bonds is 7. The summed E-state index contributed by atoms with van der Waals surface area (Å²) < 4.78 is 32.2. The van der Waals surface area contributed by atoms with E-state index in [9.17, 15) is 13.2 Å². The van der Waals surface area contributed by atoms with Gasteiger partial charge in [-0.3, -0.25) is 9.10 Å². The van der Waals surface area contributed by atoms with Crippen LogP contribution in [0.1, 0.15) is 24.2 Å². The van der Waals surface area contributed by atoms with Crippen molar-refractivity contribution in [3.8, 4) is 5.75 Å². The average molecular weight is 431 g/mol. The molecule has 1 heterocycles. The van der Waals surface area contributed by atoms with Gasteiger partial charge in [0.25, 0.3) is 15.9 Å². The van der Waals surface area contributed by atoms with Crippen molar-refractivity contribution >= 4 is 38.6 Å². The molecule has 0 radical (unpaired) electrons. The third-order valence-electron chi connectivity index (χ3n) is 4.09. The number of ether oxygens (including phenoxy) is 1. The molecule has 8 heteroatoms. The molecule has 0 aliphatic rings. The van der Waals surface area contributed by atoms with Crippen molar-refractivity contribution in [1.82, 2.24) is 0 Å². The van der Waals surface area contributed by atoms with E-state index in [1.54, 1.807) is 66.0 Å². The first-order valence-corrected chi connectivity index (χ1v) is 11.3. The van der Waals surface area contributed by atoms with E-state index < -0.39 is 10.0 Å². The lowest BCUT2D eigenvalue weighted by Crippen LogP contribution is -2.25. The second kappa shape index (κ2) is 8.67. The Morgan fingerprint density at radius 2 is 1.69 bits per heavy atom. The monoisotopic (exact) mass is 430 g/mol. The smallest absolute Gasteiger partial charge is 0.273 e. The van der Waals surface area contributed by atoms with Gasteiger partial charge in [0.1, 0.15) is 9.96 Å². The predicted molar refractivity (Wildman–Crippen MR) is 117 cm³/mol. The Bertz CT molecular complexity index is 1060. The molecule has 0 bridgehead atoms. The molecular formula is C21H22N2O4S2. The summed E-state index contributed by atoms with van der Waals surface area (Å²) in [6, 6.07) is 16.8. The summed E-state index contributed by atoms with van der Waals surface area (Å²) in [5.74, 6) is 0.454. The number of nitrogens with zero attached hydrogens (tertiary/aromatic N) is 1. The van der Waals surface area contributed by atoms with E-state index in [1.165, 1.54) is 11.4 Å². The van der Waals surface area contributed by atoms with E-state index in [2.05, 4.69) is 5.32 Å². The van der Waals surface area contributed by atoms with Crippen LogP contribution in [0, 0.1) is 0 Å². The molecule has 0 fully saturated rings. The molecule has 2 aromatic carbocycles. The number of carbonyl (C=O) groups is 1. The average Bonchev–Trinajstić information content (AvgIpc) is 3.24. The number of carbonyl (C=O) groups excluding carboxylic acids is 1. The van der Waals surface area contributed by atoms with Gasteiger partial charge in [0.2, 0.25) is 0 Å². The van der Waals surface area contributed by atoms with Crippen LogP contribution in [0.5, 0.6) is 5.75 Å². The summed E-state index contributed by atoms with van der Waals surface area (Å²) in [5.41, 5.74) is 1.55. The molecular weight excluding hydrogens is 408 g/mol. The number of nitrogens with one attached hydrogen (secondary N) is 1. The Balaban J connectivity index is 1.69. The number of sulfonamides is 1. The Hall–Kier alpha value is -2.84. The molecule has 3 aromatic rings. The third kappa shape index (κ3) is 4.96. The number of benzene rings is 2. The Kier molecular flexibility index (Phi) is 6.24. The molecule has 1 amide bonds. The zero-order valence-corrected chi connectivity index (χ0v) is 18.0. The summed E-state index contributed by atoms with van der Waals surface area (Å²) in [6.45, 7) is 3.89. The van der Waals surface area contributed by atoms with Gasteiger partial charge in [-0.25, -0.2) is 8.42 Å². The van der Waals surface area contributed by atoms with Crippen LogP contribution < -0.4 is 14.4 Å². The van der Waals surface area contributed by atoms with Gasteiger partial charge in [-0.05, 0) is 73.8 Å². The Morgan fingerprint density at radius 3 is 2.24 bits per heavy atom. The number of thiophene rings is 1. The van der Waals surface area contributed by atoms with Crippen LogP contribution in [0.25, 0.3) is 0 Å². The zero-order valence-electron chi connectivity index (χ0n) is 16.3. The molecule has 0 saturated heterocycles. The van der Waals surface area contributed by atoms with Crippen LogP contribution >= 0.6 is 11.3 Å². The molecule has 0 unspecified atom stereocenters. The van der Waals surface area contributed by atoms with Crippen LogP contribution in [-0.4, -0.2) is 27.5 Å². The molecule has 6 nitrogen and oxygen atoms in total. The second-order valence-electron chi connectivity index (χ2n) is 6.60. The highest BCUT2D eigenvalue weighted by molar-refractivity contribution is 7.94. The maximum absolute atomic E-state index is 12.6. The Labute approximate surface area is 174 Å². The molecule has 0 spiro atoms. The van der Waals surface area contributed by atoms with Crippen molar-refractivity contribution in [3.05, 3.63) is 71.6 Å². The van der Waals surface area contributed by atoms with E-state index in [4.69, 9.17) is 4.74 Å². The predicted octanol–water partition coefficient (Wildman–Crippen LogP) is 4.61. The van der Waals surface area contributed by atoms with Gasteiger partial charge >= 0.3 is 0 Å². The van der Waals surface area contributed by atoms with Gasteiger partial charge in [-0.2, -0.15) is 0 Å². The summed E-state index contributed by atoms with van der Waals surface area (Å²) in [6.07, 6.45) is 0.0794. The quantitative estimate of drug-likeness (QED) is 0.594.